The fourth-order valence-corrected chi connectivity index (χ4v) is 4.03. The summed E-state index contributed by atoms with van der Waals surface area (Å²) in [6.07, 6.45) is 1.60. The third-order valence-electron chi connectivity index (χ3n) is 5.62. The molecular weight excluding hydrogens is 427 g/mol. The van der Waals surface area contributed by atoms with E-state index in [1.54, 1.807) is 25.3 Å². The molecule has 1 unspecified atom stereocenters. The highest BCUT2D eigenvalue weighted by Crippen LogP contribution is 2.33. The number of carbonyl (C=O) groups is 1. The van der Waals surface area contributed by atoms with Gasteiger partial charge in [-0.15, -0.1) is 0 Å². The van der Waals surface area contributed by atoms with Gasteiger partial charge in [0.25, 0.3) is 5.56 Å². The number of carbonyl (C=O) groups excluding carboxylic acids is 1. The molecule has 3 aromatic rings. The normalized spacial score (nSPS) is 18.4. The SMILES string of the molecule is CCC1(O)CC(=O)OCc2c1ccn(Cc1cc3cc(OC)c(F)cc3nc1Cl)c2=O. The first kappa shape index (κ1) is 21.3. The van der Waals surface area contributed by atoms with E-state index < -0.39 is 22.9 Å². The number of methoxy groups -OCH3 is 1. The molecule has 0 spiro atoms. The van der Waals surface area contributed by atoms with Gasteiger partial charge in [-0.25, -0.2) is 9.37 Å². The van der Waals surface area contributed by atoms with Crippen LogP contribution in [0.1, 0.15) is 36.5 Å². The minimum absolute atomic E-state index is 0.0745. The number of hydrogen-bond donors (Lipinski definition) is 1. The van der Waals surface area contributed by atoms with Crippen molar-refractivity contribution in [2.24, 2.45) is 0 Å². The third-order valence-corrected chi connectivity index (χ3v) is 5.95. The van der Waals surface area contributed by atoms with Gasteiger partial charge in [0.05, 0.1) is 31.2 Å². The average Bonchev–Trinajstić information content (AvgIpc) is 2.87. The number of hydrogen-bond acceptors (Lipinski definition) is 6. The number of esters is 1. The Morgan fingerprint density at radius 1 is 1.35 bits per heavy atom. The standard InChI is InChI=1S/C22H20ClFN2O5/c1-3-22(29)9-19(27)31-11-14-15(22)4-5-26(21(14)28)10-13-6-12-7-18(30-2)16(24)8-17(12)25-20(13)23/h4-8,29H,3,9-11H2,1-2H3. The van der Waals surface area contributed by atoms with Crippen LogP contribution >= 0.6 is 11.6 Å². The Kier molecular flexibility index (Phi) is 5.45. The molecule has 9 heteroatoms. The Morgan fingerprint density at radius 3 is 2.84 bits per heavy atom. The van der Waals surface area contributed by atoms with Gasteiger partial charge in [0.15, 0.2) is 11.6 Å². The lowest BCUT2D eigenvalue weighted by molar-refractivity contribution is -0.149. The van der Waals surface area contributed by atoms with Crippen LogP contribution in [-0.2, 0) is 28.3 Å². The van der Waals surface area contributed by atoms with Gasteiger partial charge >= 0.3 is 5.97 Å². The van der Waals surface area contributed by atoms with Gasteiger partial charge in [-0.05, 0) is 30.2 Å². The van der Waals surface area contributed by atoms with E-state index >= 15 is 0 Å². The quantitative estimate of drug-likeness (QED) is 0.488. The van der Waals surface area contributed by atoms with Crippen LogP contribution in [0.3, 0.4) is 0 Å². The number of cyclic esters (lactones) is 1. The monoisotopic (exact) mass is 446 g/mol. The van der Waals surface area contributed by atoms with Gasteiger partial charge < -0.3 is 19.1 Å². The van der Waals surface area contributed by atoms with Crippen molar-refractivity contribution in [3.05, 3.63) is 68.5 Å². The molecule has 1 N–H and O–H groups in total. The summed E-state index contributed by atoms with van der Waals surface area (Å²) >= 11 is 6.30. The molecule has 3 heterocycles. The molecule has 31 heavy (non-hydrogen) atoms. The Morgan fingerprint density at radius 2 is 2.13 bits per heavy atom. The Balaban J connectivity index is 1.78. The number of aromatic nitrogens is 2. The second-order valence-corrected chi connectivity index (χ2v) is 7.84. The molecule has 0 bridgehead atoms. The van der Waals surface area contributed by atoms with Crippen molar-refractivity contribution in [2.45, 2.75) is 38.5 Å². The predicted molar refractivity (Wildman–Crippen MR) is 112 cm³/mol. The molecule has 1 atom stereocenters. The first-order valence-electron chi connectivity index (χ1n) is 9.69. The van der Waals surface area contributed by atoms with E-state index in [1.165, 1.54) is 23.8 Å². The van der Waals surface area contributed by atoms with Crippen molar-refractivity contribution >= 4 is 28.5 Å². The molecule has 1 aliphatic rings. The number of ether oxygens (including phenoxy) is 2. The molecule has 0 amide bonds. The Labute approximate surface area is 182 Å². The van der Waals surface area contributed by atoms with E-state index in [0.29, 0.717) is 22.0 Å². The summed E-state index contributed by atoms with van der Waals surface area (Å²) in [4.78, 5) is 29.3. The second kappa shape index (κ2) is 7.94. The average molecular weight is 447 g/mol. The van der Waals surface area contributed by atoms with Crippen LogP contribution in [-0.4, -0.2) is 27.7 Å². The van der Waals surface area contributed by atoms with Gasteiger partial charge in [-0.2, -0.15) is 0 Å². The van der Waals surface area contributed by atoms with Crippen LogP contribution in [0, 0.1) is 5.82 Å². The van der Waals surface area contributed by atoms with E-state index in [9.17, 15) is 19.1 Å². The first-order valence-corrected chi connectivity index (χ1v) is 10.1. The maximum atomic E-state index is 14.0. The van der Waals surface area contributed by atoms with Crippen molar-refractivity contribution < 1.29 is 23.8 Å². The summed E-state index contributed by atoms with van der Waals surface area (Å²) in [5.74, 6) is -1.04. The molecule has 162 valence electrons. The first-order chi connectivity index (χ1) is 14.8. The number of halogens is 2. The van der Waals surface area contributed by atoms with Gasteiger partial charge in [0.2, 0.25) is 0 Å². The van der Waals surface area contributed by atoms with Crippen LogP contribution in [0.5, 0.6) is 5.75 Å². The zero-order valence-electron chi connectivity index (χ0n) is 16.9. The van der Waals surface area contributed by atoms with Crippen molar-refractivity contribution in [3.63, 3.8) is 0 Å². The summed E-state index contributed by atoms with van der Waals surface area (Å²) < 4.78 is 25.5. The highest BCUT2D eigenvalue weighted by Gasteiger charge is 2.37. The Hall–Kier alpha value is -2.97. The molecular formula is C22H20ClFN2O5. The minimum atomic E-state index is -1.45. The smallest absolute Gasteiger partial charge is 0.309 e. The van der Waals surface area contributed by atoms with E-state index in [-0.39, 0.29) is 42.5 Å². The summed E-state index contributed by atoms with van der Waals surface area (Å²) in [5.41, 5.74) is -0.324. The number of benzene rings is 1. The van der Waals surface area contributed by atoms with Crippen molar-refractivity contribution in [2.75, 3.05) is 7.11 Å². The summed E-state index contributed by atoms with van der Waals surface area (Å²) in [6.45, 7) is 1.62. The largest absolute Gasteiger partial charge is 0.494 e. The lowest BCUT2D eigenvalue weighted by atomic mass is 9.86. The number of rotatable bonds is 4. The van der Waals surface area contributed by atoms with E-state index in [0.717, 1.165) is 0 Å². The molecule has 0 fully saturated rings. The Bertz CT molecular complexity index is 1260. The molecule has 4 rings (SSSR count). The summed E-state index contributed by atoms with van der Waals surface area (Å²) in [7, 11) is 1.37. The third kappa shape index (κ3) is 3.77. The highest BCUT2D eigenvalue weighted by molar-refractivity contribution is 6.30. The zero-order valence-corrected chi connectivity index (χ0v) is 17.7. The molecule has 1 aromatic carbocycles. The summed E-state index contributed by atoms with van der Waals surface area (Å²) in [5, 5.41) is 11.6. The number of nitrogens with zero attached hydrogens (tertiary/aromatic N) is 2. The predicted octanol–water partition coefficient (Wildman–Crippen LogP) is 3.29. The van der Waals surface area contributed by atoms with Gasteiger partial charge in [-0.3, -0.25) is 9.59 Å². The van der Waals surface area contributed by atoms with Crippen LogP contribution in [0.15, 0.2) is 35.3 Å². The summed E-state index contributed by atoms with van der Waals surface area (Å²) in [6, 6.07) is 6.09. The lowest BCUT2D eigenvalue weighted by Crippen LogP contribution is -2.32. The van der Waals surface area contributed by atoms with E-state index in [1.807, 2.05) is 0 Å². The maximum Gasteiger partial charge on any atom is 0.309 e. The highest BCUT2D eigenvalue weighted by atomic mass is 35.5. The van der Waals surface area contributed by atoms with Crippen LogP contribution in [0.25, 0.3) is 10.9 Å². The second-order valence-electron chi connectivity index (χ2n) is 7.48. The fourth-order valence-electron chi connectivity index (χ4n) is 3.82. The van der Waals surface area contributed by atoms with Crippen LogP contribution < -0.4 is 10.3 Å². The van der Waals surface area contributed by atoms with Crippen molar-refractivity contribution in [1.82, 2.24) is 9.55 Å². The van der Waals surface area contributed by atoms with E-state index in [4.69, 9.17) is 21.1 Å². The number of pyridine rings is 2. The fraction of sp³-hybridized carbons (Fsp3) is 0.318. The van der Waals surface area contributed by atoms with Crippen molar-refractivity contribution in [1.29, 1.82) is 0 Å². The molecule has 1 aliphatic heterocycles. The van der Waals surface area contributed by atoms with Crippen molar-refractivity contribution in [3.8, 4) is 5.75 Å². The van der Waals surface area contributed by atoms with Crippen LogP contribution in [0.2, 0.25) is 5.15 Å². The number of fused-ring (bicyclic) bond motifs is 2. The van der Waals surface area contributed by atoms with Gasteiger partial charge in [0, 0.05) is 23.2 Å². The van der Waals surface area contributed by atoms with Gasteiger partial charge in [0.1, 0.15) is 17.4 Å². The number of aliphatic hydroxyl groups is 1. The van der Waals surface area contributed by atoms with Gasteiger partial charge in [-0.1, -0.05) is 18.5 Å². The maximum absolute atomic E-state index is 14.0. The molecule has 0 radical (unpaired) electrons. The zero-order chi connectivity index (χ0) is 22.3. The molecule has 7 nitrogen and oxygen atoms in total. The molecule has 0 saturated heterocycles. The minimum Gasteiger partial charge on any atom is -0.494 e. The molecule has 0 aliphatic carbocycles. The topological polar surface area (TPSA) is 90.7 Å². The van der Waals surface area contributed by atoms with Crippen LogP contribution in [0.4, 0.5) is 4.39 Å². The molecule has 2 aromatic heterocycles. The lowest BCUT2D eigenvalue weighted by Gasteiger charge is -2.25. The molecule has 0 saturated carbocycles. The van der Waals surface area contributed by atoms with E-state index in [2.05, 4.69) is 4.98 Å².